The first-order chi connectivity index (χ1) is 10.0. The van der Waals surface area contributed by atoms with Gasteiger partial charge in [-0.25, -0.2) is 9.97 Å². The van der Waals surface area contributed by atoms with Crippen molar-refractivity contribution < 1.29 is 4.79 Å². The molecule has 1 aromatic carbocycles. The molecule has 110 valence electrons. The van der Waals surface area contributed by atoms with Crippen LogP contribution in [0.5, 0.6) is 0 Å². The summed E-state index contributed by atoms with van der Waals surface area (Å²) in [6.45, 7) is 8.82. The molecular formula is C17H21N3O. The van der Waals surface area contributed by atoms with Crippen LogP contribution in [0.4, 0.5) is 0 Å². The van der Waals surface area contributed by atoms with E-state index >= 15 is 0 Å². The number of aromatic nitrogens is 2. The fourth-order valence-corrected chi connectivity index (χ4v) is 2.48. The molecule has 4 nitrogen and oxygen atoms in total. The Bertz CT molecular complexity index is 615. The smallest absolute Gasteiger partial charge is 0.257 e. The number of nitrogens with zero attached hydrogens (tertiary/aromatic N) is 3. The molecular weight excluding hydrogens is 262 g/mol. The van der Waals surface area contributed by atoms with Crippen LogP contribution in [0.15, 0.2) is 30.3 Å². The molecule has 0 fully saturated rings. The molecule has 0 aliphatic rings. The van der Waals surface area contributed by atoms with E-state index in [0.29, 0.717) is 24.5 Å². The molecule has 0 spiro atoms. The lowest BCUT2D eigenvalue weighted by atomic mass is 10.1. The minimum atomic E-state index is -0.00338. The van der Waals surface area contributed by atoms with Crippen LogP contribution in [0.25, 0.3) is 0 Å². The first-order valence-corrected chi connectivity index (χ1v) is 7.18. The highest BCUT2D eigenvalue weighted by molar-refractivity contribution is 5.96. The van der Waals surface area contributed by atoms with Crippen molar-refractivity contribution in [1.29, 1.82) is 0 Å². The molecule has 0 saturated heterocycles. The fraction of sp³-hybridized carbons (Fsp3) is 0.353. The van der Waals surface area contributed by atoms with Crippen molar-refractivity contribution in [3.8, 4) is 0 Å². The van der Waals surface area contributed by atoms with E-state index in [-0.39, 0.29) is 5.91 Å². The summed E-state index contributed by atoms with van der Waals surface area (Å²) in [5.74, 6) is 0.698. The van der Waals surface area contributed by atoms with Gasteiger partial charge in [-0.15, -0.1) is 0 Å². The quantitative estimate of drug-likeness (QED) is 0.866. The van der Waals surface area contributed by atoms with Gasteiger partial charge in [0.25, 0.3) is 5.91 Å². The summed E-state index contributed by atoms with van der Waals surface area (Å²) >= 11 is 0. The highest BCUT2D eigenvalue weighted by atomic mass is 16.2. The number of hydrogen-bond acceptors (Lipinski definition) is 3. The zero-order valence-corrected chi connectivity index (χ0v) is 13.1. The van der Waals surface area contributed by atoms with Gasteiger partial charge < -0.3 is 4.90 Å². The van der Waals surface area contributed by atoms with Crippen molar-refractivity contribution in [2.24, 2.45) is 0 Å². The number of amides is 1. The lowest BCUT2D eigenvalue weighted by Crippen LogP contribution is -2.32. The van der Waals surface area contributed by atoms with Gasteiger partial charge >= 0.3 is 0 Å². The lowest BCUT2D eigenvalue weighted by Gasteiger charge is -2.22. The molecule has 0 bridgehead atoms. The van der Waals surface area contributed by atoms with Gasteiger partial charge in [-0.1, -0.05) is 30.3 Å². The predicted octanol–water partition coefficient (Wildman–Crippen LogP) is 3.06. The van der Waals surface area contributed by atoms with Gasteiger partial charge in [-0.05, 0) is 33.3 Å². The Morgan fingerprint density at radius 1 is 1.05 bits per heavy atom. The SMILES string of the molecule is CCN(Cc1ccccc1)C(=O)c1c(C)nc(C)nc1C. The summed E-state index contributed by atoms with van der Waals surface area (Å²) in [5.41, 5.74) is 3.24. The molecule has 0 radical (unpaired) electrons. The highest BCUT2D eigenvalue weighted by Crippen LogP contribution is 2.15. The van der Waals surface area contributed by atoms with E-state index in [1.807, 2.05) is 62.9 Å². The number of carbonyl (C=O) groups is 1. The molecule has 21 heavy (non-hydrogen) atoms. The molecule has 0 N–H and O–H groups in total. The van der Waals surface area contributed by atoms with Crippen molar-refractivity contribution >= 4 is 5.91 Å². The van der Waals surface area contributed by atoms with Gasteiger partial charge in [0.05, 0.1) is 17.0 Å². The average molecular weight is 283 g/mol. The van der Waals surface area contributed by atoms with Crippen LogP contribution in [-0.2, 0) is 6.54 Å². The van der Waals surface area contributed by atoms with E-state index in [4.69, 9.17) is 0 Å². The van der Waals surface area contributed by atoms with Crippen LogP contribution in [0.1, 0.15) is 40.1 Å². The normalized spacial score (nSPS) is 10.5. The summed E-state index contributed by atoms with van der Waals surface area (Å²) in [7, 11) is 0. The Kier molecular flexibility index (Phi) is 4.68. The van der Waals surface area contributed by atoms with Gasteiger partial charge in [-0.2, -0.15) is 0 Å². The number of carbonyl (C=O) groups excluding carboxylic acids is 1. The summed E-state index contributed by atoms with van der Waals surface area (Å²) in [6.07, 6.45) is 0. The van der Waals surface area contributed by atoms with E-state index in [9.17, 15) is 4.79 Å². The third kappa shape index (κ3) is 3.45. The van der Waals surface area contributed by atoms with E-state index in [0.717, 1.165) is 17.0 Å². The van der Waals surface area contributed by atoms with Crippen molar-refractivity contribution in [3.05, 3.63) is 58.7 Å². The lowest BCUT2D eigenvalue weighted by molar-refractivity contribution is 0.0750. The third-order valence-electron chi connectivity index (χ3n) is 3.48. The molecule has 1 aromatic heterocycles. The molecule has 0 aliphatic heterocycles. The first kappa shape index (κ1) is 15.2. The van der Waals surface area contributed by atoms with Crippen LogP contribution in [-0.4, -0.2) is 27.3 Å². The molecule has 0 aliphatic carbocycles. The maximum atomic E-state index is 12.8. The molecule has 1 heterocycles. The Hall–Kier alpha value is -2.23. The summed E-state index contributed by atoms with van der Waals surface area (Å²) in [5, 5.41) is 0. The monoisotopic (exact) mass is 283 g/mol. The second-order valence-electron chi connectivity index (χ2n) is 5.12. The van der Waals surface area contributed by atoms with Crippen molar-refractivity contribution in [2.45, 2.75) is 34.2 Å². The van der Waals surface area contributed by atoms with Crippen LogP contribution < -0.4 is 0 Å². The largest absolute Gasteiger partial charge is 0.334 e. The summed E-state index contributed by atoms with van der Waals surface area (Å²) in [6, 6.07) is 10.0. The Labute approximate surface area is 125 Å². The second kappa shape index (κ2) is 6.48. The number of benzene rings is 1. The molecule has 0 saturated carbocycles. The van der Waals surface area contributed by atoms with Crippen LogP contribution in [0.3, 0.4) is 0 Å². The maximum absolute atomic E-state index is 12.8. The highest BCUT2D eigenvalue weighted by Gasteiger charge is 2.20. The molecule has 0 atom stereocenters. The van der Waals surface area contributed by atoms with Crippen molar-refractivity contribution in [2.75, 3.05) is 6.54 Å². The summed E-state index contributed by atoms with van der Waals surface area (Å²) < 4.78 is 0. The van der Waals surface area contributed by atoms with Gasteiger partial charge in [-0.3, -0.25) is 4.79 Å². The Balaban J connectivity index is 2.29. The number of hydrogen-bond donors (Lipinski definition) is 0. The standard InChI is InChI=1S/C17H21N3O/c1-5-20(11-15-9-7-6-8-10-15)17(21)16-12(2)18-14(4)19-13(16)3/h6-10H,5,11H2,1-4H3. The fourth-order valence-electron chi connectivity index (χ4n) is 2.48. The molecule has 4 heteroatoms. The van der Waals surface area contributed by atoms with Gasteiger partial charge in [0.15, 0.2) is 0 Å². The summed E-state index contributed by atoms with van der Waals surface area (Å²) in [4.78, 5) is 23.2. The van der Waals surface area contributed by atoms with Crippen molar-refractivity contribution in [3.63, 3.8) is 0 Å². The van der Waals surface area contributed by atoms with E-state index in [2.05, 4.69) is 9.97 Å². The minimum Gasteiger partial charge on any atom is -0.334 e. The van der Waals surface area contributed by atoms with Crippen LogP contribution in [0.2, 0.25) is 0 Å². The van der Waals surface area contributed by atoms with Gasteiger partial charge in [0.1, 0.15) is 5.82 Å². The van der Waals surface area contributed by atoms with E-state index in [1.54, 1.807) is 0 Å². The molecule has 2 rings (SSSR count). The van der Waals surface area contributed by atoms with Crippen LogP contribution in [0, 0.1) is 20.8 Å². The predicted molar refractivity (Wildman–Crippen MR) is 83.1 cm³/mol. The second-order valence-corrected chi connectivity index (χ2v) is 5.12. The Morgan fingerprint density at radius 3 is 2.14 bits per heavy atom. The van der Waals surface area contributed by atoms with Crippen LogP contribution >= 0.6 is 0 Å². The molecule has 0 unspecified atom stereocenters. The first-order valence-electron chi connectivity index (χ1n) is 7.18. The third-order valence-corrected chi connectivity index (χ3v) is 3.48. The van der Waals surface area contributed by atoms with E-state index in [1.165, 1.54) is 0 Å². The zero-order chi connectivity index (χ0) is 15.4. The average Bonchev–Trinajstić information content (AvgIpc) is 2.44. The minimum absolute atomic E-state index is 0.00338. The van der Waals surface area contributed by atoms with Crippen molar-refractivity contribution in [1.82, 2.24) is 14.9 Å². The van der Waals surface area contributed by atoms with Gasteiger partial charge in [0.2, 0.25) is 0 Å². The van der Waals surface area contributed by atoms with Gasteiger partial charge in [0, 0.05) is 13.1 Å². The number of aryl methyl sites for hydroxylation is 3. The zero-order valence-electron chi connectivity index (χ0n) is 13.1. The topological polar surface area (TPSA) is 46.1 Å². The maximum Gasteiger partial charge on any atom is 0.257 e. The molecule has 2 aromatic rings. The van der Waals surface area contributed by atoms with E-state index < -0.39 is 0 Å². The Morgan fingerprint density at radius 2 is 1.62 bits per heavy atom. The molecule has 1 amide bonds. The number of rotatable bonds is 4.